The van der Waals surface area contributed by atoms with E-state index in [1.54, 1.807) is 24.1 Å². The van der Waals surface area contributed by atoms with Gasteiger partial charge in [-0.05, 0) is 50.7 Å². The van der Waals surface area contributed by atoms with Gasteiger partial charge in [0.1, 0.15) is 0 Å². The number of carbonyl (C=O) groups excluding carboxylic acids is 2. The highest BCUT2D eigenvalue weighted by Crippen LogP contribution is 2.31. The lowest BCUT2D eigenvalue weighted by molar-refractivity contribution is -0.127. The lowest BCUT2D eigenvalue weighted by atomic mass is 10.2. The number of aliphatic imine (C=N–C) groups is 2. The van der Waals surface area contributed by atoms with Crippen LogP contribution in [0.15, 0.2) is 45.8 Å². The Hall–Kier alpha value is -3.24. The SMILES string of the molecule is C=N/C(=N\C1=C(C)N(C)C(=O)CCN1C1CCCC1)Nc1ccc(C(=O)NCCN2CCOCC2)cc1. The van der Waals surface area contributed by atoms with Gasteiger partial charge in [0.2, 0.25) is 11.9 Å². The van der Waals surface area contributed by atoms with E-state index >= 15 is 0 Å². The topological polar surface area (TPSA) is 102 Å². The van der Waals surface area contributed by atoms with E-state index in [0.717, 1.165) is 62.9 Å². The van der Waals surface area contributed by atoms with Gasteiger partial charge in [0.25, 0.3) is 5.91 Å². The predicted molar refractivity (Wildman–Crippen MR) is 146 cm³/mol. The third kappa shape index (κ3) is 6.95. The number of hydrogen-bond acceptors (Lipinski definition) is 6. The van der Waals surface area contributed by atoms with E-state index in [-0.39, 0.29) is 11.8 Å². The van der Waals surface area contributed by atoms with Crippen LogP contribution in [0.1, 0.15) is 49.4 Å². The standard InChI is InChI=1S/C27H39N7O3/c1-20-25(34(23-6-4-5-7-23)14-12-24(35)32(20)3)31-27(28-2)30-22-10-8-21(9-11-22)26(36)29-13-15-33-16-18-37-19-17-33/h8-11,23H,2,4-7,12-19H2,1,3H3,(H,29,36)(H,30,31). The molecule has 1 aliphatic carbocycles. The second-order valence-electron chi connectivity index (χ2n) is 9.75. The maximum atomic E-state index is 12.6. The molecular formula is C27H39N7O3. The fraction of sp³-hybridized carbons (Fsp3) is 0.556. The number of nitrogens with one attached hydrogen (secondary N) is 2. The molecule has 37 heavy (non-hydrogen) atoms. The summed E-state index contributed by atoms with van der Waals surface area (Å²) in [4.78, 5) is 40.3. The molecule has 1 saturated heterocycles. The van der Waals surface area contributed by atoms with Crippen molar-refractivity contribution in [1.82, 2.24) is 20.0 Å². The van der Waals surface area contributed by atoms with Gasteiger partial charge in [0.15, 0.2) is 5.82 Å². The van der Waals surface area contributed by atoms with Crippen LogP contribution in [0, 0.1) is 0 Å². The minimum Gasteiger partial charge on any atom is -0.379 e. The van der Waals surface area contributed by atoms with E-state index in [9.17, 15) is 9.59 Å². The average Bonchev–Trinajstić information content (AvgIpc) is 3.43. The van der Waals surface area contributed by atoms with Crippen molar-refractivity contribution in [3.63, 3.8) is 0 Å². The number of carbonyl (C=O) groups is 2. The maximum Gasteiger partial charge on any atom is 0.251 e. The lowest BCUT2D eigenvalue weighted by Gasteiger charge is -2.30. The second kappa shape index (κ2) is 12.8. The quantitative estimate of drug-likeness (QED) is 0.433. The molecule has 3 aliphatic rings. The Morgan fingerprint density at radius 2 is 1.84 bits per heavy atom. The summed E-state index contributed by atoms with van der Waals surface area (Å²) in [5.41, 5.74) is 2.15. The number of guanidine groups is 1. The molecule has 0 atom stereocenters. The number of nitrogens with zero attached hydrogens (tertiary/aromatic N) is 5. The molecule has 0 spiro atoms. The van der Waals surface area contributed by atoms with Gasteiger partial charge < -0.3 is 25.2 Å². The highest BCUT2D eigenvalue weighted by Gasteiger charge is 2.30. The summed E-state index contributed by atoms with van der Waals surface area (Å²) < 4.78 is 5.36. The van der Waals surface area contributed by atoms with Crippen LogP contribution >= 0.6 is 0 Å². The third-order valence-corrected chi connectivity index (χ3v) is 7.39. The van der Waals surface area contributed by atoms with Crippen LogP contribution in [0.3, 0.4) is 0 Å². The highest BCUT2D eigenvalue weighted by atomic mass is 16.5. The molecule has 1 aromatic carbocycles. The van der Waals surface area contributed by atoms with E-state index in [1.807, 2.05) is 19.1 Å². The molecule has 0 bridgehead atoms. The summed E-state index contributed by atoms with van der Waals surface area (Å²) in [6.45, 7) is 11.0. The Balaban J connectivity index is 1.42. The van der Waals surface area contributed by atoms with E-state index in [1.165, 1.54) is 12.8 Å². The van der Waals surface area contributed by atoms with Crippen molar-refractivity contribution in [2.24, 2.45) is 9.98 Å². The van der Waals surface area contributed by atoms with Crippen LogP contribution in [-0.4, -0.2) is 98.2 Å². The minimum atomic E-state index is -0.102. The van der Waals surface area contributed by atoms with Crippen molar-refractivity contribution in [2.75, 3.05) is 58.3 Å². The molecule has 1 saturated carbocycles. The van der Waals surface area contributed by atoms with Crippen molar-refractivity contribution in [1.29, 1.82) is 0 Å². The van der Waals surface area contributed by atoms with Crippen molar-refractivity contribution >= 4 is 30.2 Å². The number of allylic oxidation sites excluding steroid dienone is 1. The van der Waals surface area contributed by atoms with Crippen LogP contribution in [0.2, 0.25) is 0 Å². The molecule has 2 amide bonds. The highest BCUT2D eigenvalue weighted by molar-refractivity contribution is 5.98. The number of benzene rings is 1. The Morgan fingerprint density at radius 3 is 2.51 bits per heavy atom. The second-order valence-corrected chi connectivity index (χ2v) is 9.75. The first-order valence-corrected chi connectivity index (χ1v) is 13.2. The fourth-order valence-corrected chi connectivity index (χ4v) is 5.04. The van der Waals surface area contributed by atoms with Gasteiger partial charge >= 0.3 is 0 Å². The predicted octanol–water partition coefficient (Wildman–Crippen LogP) is 2.51. The molecule has 200 valence electrons. The number of ether oxygens (including phenoxy) is 1. The minimum absolute atomic E-state index is 0.0885. The monoisotopic (exact) mass is 509 g/mol. The molecule has 0 radical (unpaired) electrons. The van der Waals surface area contributed by atoms with Gasteiger partial charge in [-0.1, -0.05) is 12.8 Å². The molecule has 10 heteroatoms. The van der Waals surface area contributed by atoms with Gasteiger partial charge in [-0.25, -0.2) is 4.99 Å². The summed E-state index contributed by atoms with van der Waals surface area (Å²) in [6, 6.07) is 7.59. The van der Waals surface area contributed by atoms with Crippen molar-refractivity contribution in [2.45, 2.75) is 45.1 Å². The first-order chi connectivity index (χ1) is 18.0. The molecule has 1 aromatic rings. The van der Waals surface area contributed by atoms with Crippen molar-refractivity contribution in [3.8, 4) is 0 Å². The molecule has 2 fully saturated rings. The smallest absolute Gasteiger partial charge is 0.251 e. The molecule has 2 N–H and O–H groups in total. The zero-order chi connectivity index (χ0) is 26.2. The van der Waals surface area contributed by atoms with Crippen LogP contribution < -0.4 is 10.6 Å². The zero-order valence-corrected chi connectivity index (χ0v) is 22.0. The third-order valence-electron chi connectivity index (χ3n) is 7.39. The first kappa shape index (κ1) is 26.8. The van der Waals surface area contributed by atoms with Crippen LogP contribution in [0.25, 0.3) is 0 Å². The summed E-state index contributed by atoms with van der Waals surface area (Å²) >= 11 is 0. The van der Waals surface area contributed by atoms with Gasteiger partial charge in [-0.3, -0.25) is 14.5 Å². The molecule has 10 nitrogen and oxygen atoms in total. The summed E-state index contributed by atoms with van der Waals surface area (Å²) in [7, 11) is 1.80. The van der Waals surface area contributed by atoms with Gasteiger partial charge in [-0.15, -0.1) is 0 Å². The summed E-state index contributed by atoms with van der Waals surface area (Å²) in [6.07, 6.45) is 5.05. The molecule has 4 rings (SSSR count). The van der Waals surface area contributed by atoms with Crippen molar-refractivity contribution in [3.05, 3.63) is 41.3 Å². The summed E-state index contributed by atoms with van der Waals surface area (Å²) in [5.74, 6) is 1.09. The van der Waals surface area contributed by atoms with Crippen LogP contribution in [0.5, 0.6) is 0 Å². The number of rotatable bonds is 7. The largest absolute Gasteiger partial charge is 0.379 e. The Labute approximate surface area is 219 Å². The number of hydrogen-bond donors (Lipinski definition) is 2. The summed E-state index contributed by atoms with van der Waals surface area (Å²) in [5, 5.41) is 6.20. The normalized spacial score (nSPS) is 20.3. The molecule has 0 unspecified atom stereocenters. The van der Waals surface area contributed by atoms with Gasteiger partial charge in [-0.2, -0.15) is 4.99 Å². The molecule has 0 aromatic heterocycles. The van der Waals surface area contributed by atoms with E-state index in [0.29, 0.717) is 37.1 Å². The average molecular weight is 510 g/mol. The fourth-order valence-electron chi connectivity index (χ4n) is 5.04. The molecular weight excluding hydrogens is 470 g/mol. The number of morpholine rings is 1. The van der Waals surface area contributed by atoms with Gasteiger partial charge in [0, 0.05) is 63.5 Å². The van der Waals surface area contributed by atoms with Crippen molar-refractivity contribution < 1.29 is 14.3 Å². The van der Waals surface area contributed by atoms with E-state index in [2.05, 4.69) is 32.1 Å². The van der Waals surface area contributed by atoms with E-state index < -0.39 is 0 Å². The Bertz CT molecular complexity index is 1020. The van der Waals surface area contributed by atoms with Crippen LogP contribution in [0.4, 0.5) is 5.69 Å². The number of anilines is 1. The molecule has 2 heterocycles. The lowest BCUT2D eigenvalue weighted by Crippen LogP contribution is -2.41. The van der Waals surface area contributed by atoms with Crippen LogP contribution in [-0.2, 0) is 9.53 Å². The van der Waals surface area contributed by atoms with Gasteiger partial charge in [0.05, 0.1) is 18.9 Å². The van der Waals surface area contributed by atoms with E-state index in [4.69, 9.17) is 9.73 Å². The number of amides is 2. The Morgan fingerprint density at radius 1 is 1.14 bits per heavy atom. The first-order valence-electron chi connectivity index (χ1n) is 13.2. The molecule has 2 aliphatic heterocycles. The Kier molecular flexibility index (Phi) is 9.29. The maximum absolute atomic E-state index is 12.6. The zero-order valence-electron chi connectivity index (χ0n) is 22.0.